The Hall–Kier alpha value is -2.79. The fourth-order valence-corrected chi connectivity index (χ4v) is 6.63. The van der Waals surface area contributed by atoms with E-state index in [0.717, 1.165) is 29.9 Å². The van der Waals surface area contributed by atoms with Crippen LogP contribution in [-0.4, -0.2) is 43.6 Å². The number of nitrogens with zero attached hydrogens (tertiary/aromatic N) is 5. The Morgan fingerprint density at radius 2 is 1.83 bits per heavy atom. The van der Waals surface area contributed by atoms with Gasteiger partial charge in [0.05, 0.1) is 5.69 Å². The van der Waals surface area contributed by atoms with E-state index in [-0.39, 0.29) is 16.7 Å². The molecular formula is C24H23F3N6S2. The Morgan fingerprint density at radius 1 is 1.09 bits per heavy atom. The van der Waals surface area contributed by atoms with Crippen molar-refractivity contribution in [3.8, 4) is 11.1 Å². The van der Waals surface area contributed by atoms with E-state index in [0.29, 0.717) is 29.5 Å². The van der Waals surface area contributed by atoms with E-state index in [1.165, 1.54) is 30.0 Å². The normalized spacial score (nSPS) is 22.2. The molecule has 0 amide bonds. The van der Waals surface area contributed by atoms with E-state index in [4.69, 9.17) is 4.98 Å². The molecule has 35 heavy (non-hydrogen) atoms. The maximum absolute atomic E-state index is 12.7. The van der Waals surface area contributed by atoms with Crippen molar-refractivity contribution in [2.45, 2.75) is 36.2 Å². The second-order valence-electron chi connectivity index (χ2n) is 9.18. The zero-order valence-corrected chi connectivity index (χ0v) is 20.5. The minimum absolute atomic E-state index is 0.112. The SMILES string of the molecule is Cc1cc(N2C[C@H]3CC[C@@H](C2)[C@@H]3Nc2nc3c(-c4ccc(SC(F)(F)F)cc4)cccn3n2)sn1. The number of piperidine rings is 1. The molecule has 0 unspecified atom stereocenters. The molecule has 2 bridgehead atoms. The van der Waals surface area contributed by atoms with E-state index in [1.54, 1.807) is 28.2 Å². The number of aryl methyl sites for hydroxylation is 1. The lowest BCUT2D eigenvalue weighted by Crippen LogP contribution is -2.48. The van der Waals surface area contributed by atoms with E-state index in [1.807, 2.05) is 25.3 Å². The van der Waals surface area contributed by atoms with E-state index < -0.39 is 5.51 Å². The zero-order chi connectivity index (χ0) is 24.2. The molecule has 1 saturated carbocycles. The number of hydrogen-bond donors (Lipinski definition) is 1. The minimum atomic E-state index is -4.30. The van der Waals surface area contributed by atoms with Gasteiger partial charge in [0.15, 0.2) is 5.65 Å². The summed E-state index contributed by atoms with van der Waals surface area (Å²) < 4.78 is 44.2. The summed E-state index contributed by atoms with van der Waals surface area (Å²) >= 11 is 1.46. The third-order valence-electron chi connectivity index (χ3n) is 6.82. The second-order valence-corrected chi connectivity index (χ2v) is 11.1. The number of thioether (sulfide) groups is 1. The third-order valence-corrected chi connectivity index (χ3v) is 8.50. The molecule has 11 heteroatoms. The van der Waals surface area contributed by atoms with Crippen LogP contribution in [0.3, 0.4) is 0 Å². The van der Waals surface area contributed by atoms with Crippen LogP contribution in [0.2, 0.25) is 0 Å². The van der Waals surface area contributed by atoms with E-state index >= 15 is 0 Å². The largest absolute Gasteiger partial charge is 0.446 e. The average Bonchev–Trinajstić information content (AvgIpc) is 3.48. The van der Waals surface area contributed by atoms with Crippen LogP contribution in [0.4, 0.5) is 24.1 Å². The summed E-state index contributed by atoms with van der Waals surface area (Å²) in [6.07, 6.45) is 4.20. The lowest BCUT2D eigenvalue weighted by molar-refractivity contribution is -0.0328. The fraction of sp³-hybridized carbons (Fsp3) is 0.375. The summed E-state index contributed by atoms with van der Waals surface area (Å²) in [6.45, 7) is 4.02. The highest BCUT2D eigenvalue weighted by molar-refractivity contribution is 8.00. The number of hydrogen-bond acceptors (Lipinski definition) is 7. The number of halogens is 3. The average molecular weight is 517 g/mol. The van der Waals surface area contributed by atoms with Crippen LogP contribution >= 0.6 is 23.3 Å². The zero-order valence-electron chi connectivity index (χ0n) is 18.9. The molecule has 0 spiro atoms. The van der Waals surface area contributed by atoms with Crippen molar-refractivity contribution >= 4 is 39.9 Å². The van der Waals surface area contributed by atoms with Gasteiger partial charge in [-0.25, -0.2) is 4.52 Å². The maximum atomic E-state index is 12.7. The Bertz CT molecular complexity index is 1340. The molecule has 4 aromatic rings. The molecule has 3 aromatic heterocycles. The summed E-state index contributed by atoms with van der Waals surface area (Å²) in [7, 11) is 0. The quantitative estimate of drug-likeness (QED) is 0.324. The molecule has 1 aromatic carbocycles. The van der Waals surface area contributed by atoms with Gasteiger partial charge in [-0.3, -0.25) is 0 Å². The molecule has 3 atom stereocenters. The molecule has 182 valence electrons. The first-order valence-electron chi connectivity index (χ1n) is 11.5. The summed E-state index contributed by atoms with van der Waals surface area (Å²) in [4.78, 5) is 7.40. The maximum Gasteiger partial charge on any atom is 0.446 e. The van der Waals surface area contributed by atoms with Crippen LogP contribution in [0.5, 0.6) is 0 Å². The Balaban J connectivity index is 1.21. The summed E-state index contributed by atoms with van der Waals surface area (Å²) in [5, 5.41) is 9.51. The van der Waals surface area contributed by atoms with Crippen LogP contribution in [-0.2, 0) is 0 Å². The van der Waals surface area contributed by atoms with Crippen LogP contribution in [0.15, 0.2) is 53.6 Å². The molecule has 1 aliphatic heterocycles. The van der Waals surface area contributed by atoms with Crippen LogP contribution in [0.1, 0.15) is 18.5 Å². The van der Waals surface area contributed by atoms with E-state index in [2.05, 4.69) is 25.8 Å². The molecule has 2 aliphatic rings. The van der Waals surface area contributed by atoms with Gasteiger partial charge in [0.25, 0.3) is 0 Å². The first-order valence-corrected chi connectivity index (χ1v) is 13.1. The molecular weight excluding hydrogens is 493 g/mol. The lowest BCUT2D eigenvalue weighted by atomic mass is 9.92. The standard InChI is InChI=1S/C24H23F3N6S2/c1-14-11-20(35-31-14)32-12-16-4-5-17(13-32)21(16)28-23-29-22-19(3-2-10-33(22)30-23)15-6-8-18(9-7-15)34-24(25,26)27/h2-3,6-11,16-17,21H,4-5,12-13H2,1H3,(H,28,30)/t16-,17+,21-. The number of nitrogens with one attached hydrogen (secondary N) is 1. The summed E-state index contributed by atoms with van der Waals surface area (Å²) in [5.41, 5.74) is -0.930. The van der Waals surface area contributed by atoms with Crippen molar-refractivity contribution in [1.82, 2.24) is 19.0 Å². The number of pyridine rings is 1. The molecule has 4 heterocycles. The Labute approximate surface area is 208 Å². The van der Waals surface area contributed by atoms with Gasteiger partial charge in [-0.1, -0.05) is 12.1 Å². The molecule has 0 radical (unpaired) electrons. The van der Waals surface area contributed by atoms with Gasteiger partial charge < -0.3 is 10.2 Å². The van der Waals surface area contributed by atoms with Crippen LogP contribution in [0, 0.1) is 18.8 Å². The second kappa shape index (κ2) is 8.70. The topological polar surface area (TPSA) is 58.4 Å². The minimum Gasteiger partial charge on any atom is -0.361 e. The van der Waals surface area contributed by atoms with Gasteiger partial charge in [-0.05, 0) is 90.8 Å². The number of alkyl halides is 3. The van der Waals surface area contributed by atoms with Gasteiger partial charge in [0.1, 0.15) is 5.00 Å². The van der Waals surface area contributed by atoms with Crippen LogP contribution in [0.25, 0.3) is 16.8 Å². The number of rotatable bonds is 5. The predicted molar refractivity (Wildman–Crippen MR) is 133 cm³/mol. The van der Waals surface area contributed by atoms with Gasteiger partial charge in [0.2, 0.25) is 5.95 Å². The Morgan fingerprint density at radius 3 is 2.49 bits per heavy atom. The third kappa shape index (κ3) is 4.58. The van der Waals surface area contributed by atoms with Crippen molar-refractivity contribution in [3.05, 3.63) is 54.4 Å². The van der Waals surface area contributed by atoms with Crippen LogP contribution < -0.4 is 10.2 Å². The first-order chi connectivity index (χ1) is 16.8. The van der Waals surface area contributed by atoms with Gasteiger partial charge in [-0.2, -0.15) is 22.5 Å². The molecule has 1 aliphatic carbocycles. The predicted octanol–water partition coefficient (Wildman–Crippen LogP) is 6.10. The van der Waals surface area contributed by atoms with Gasteiger partial charge in [0, 0.05) is 35.8 Å². The van der Waals surface area contributed by atoms with Gasteiger partial charge in [-0.15, -0.1) is 5.10 Å². The summed E-state index contributed by atoms with van der Waals surface area (Å²) in [5.74, 6) is 1.62. The number of aromatic nitrogens is 4. The summed E-state index contributed by atoms with van der Waals surface area (Å²) in [6, 6.07) is 12.6. The monoisotopic (exact) mass is 516 g/mol. The van der Waals surface area contributed by atoms with Crippen molar-refractivity contribution in [2.24, 2.45) is 11.8 Å². The lowest BCUT2D eigenvalue weighted by Gasteiger charge is -2.38. The Kier molecular flexibility index (Phi) is 5.63. The highest BCUT2D eigenvalue weighted by Gasteiger charge is 2.43. The fourth-order valence-electron chi connectivity index (χ4n) is 5.32. The van der Waals surface area contributed by atoms with E-state index in [9.17, 15) is 13.2 Å². The highest BCUT2D eigenvalue weighted by Crippen LogP contribution is 2.41. The number of benzene rings is 1. The highest BCUT2D eigenvalue weighted by atomic mass is 32.2. The molecule has 1 N–H and O–H groups in total. The van der Waals surface area contributed by atoms with Crippen molar-refractivity contribution < 1.29 is 13.2 Å². The van der Waals surface area contributed by atoms with Crippen molar-refractivity contribution in [1.29, 1.82) is 0 Å². The smallest absolute Gasteiger partial charge is 0.361 e. The first kappa shape index (κ1) is 22.7. The van der Waals surface area contributed by atoms with Crippen molar-refractivity contribution in [3.63, 3.8) is 0 Å². The molecule has 6 nitrogen and oxygen atoms in total. The number of anilines is 2. The van der Waals surface area contributed by atoms with Crippen molar-refractivity contribution in [2.75, 3.05) is 23.3 Å². The number of fused-ring (bicyclic) bond motifs is 3. The molecule has 1 saturated heterocycles. The molecule has 2 fully saturated rings. The molecule has 6 rings (SSSR count). The van der Waals surface area contributed by atoms with Gasteiger partial charge >= 0.3 is 5.51 Å².